The Morgan fingerprint density at radius 3 is 2.00 bits per heavy atom. The number of amides is 1. The number of anilines is 2. The van der Waals surface area contributed by atoms with Gasteiger partial charge in [0.1, 0.15) is 17.2 Å². The monoisotopic (exact) mass is 478 g/mol. The molecule has 4 nitrogen and oxygen atoms in total. The van der Waals surface area contributed by atoms with Crippen LogP contribution in [0.25, 0.3) is 0 Å². The molecule has 0 atom stereocenters. The minimum absolute atomic E-state index is 0.0949. The van der Waals surface area contributed by atoms with Crippen LogP contribution in [0.3, 0.4) is 0 Å². The van der Waals surface area contributed by atoms with Crippen LogP contribution in [-0.2, 0) is 4.74 Å². The predicted octanol–water partition coefficient (Wildman–Crippen LogP) is 6.11. The number of halogens is 4. The zero-order valence-electron chi connectivity index (χ0n) is 13.9. The van der Waals surface area contributed by atoms with Crippen LogP contribution < -0.4 is 11.1 Å². The lowest BCUT2D eigenvalue weighted by atomic mass is 10.2. The molecule has 2 aromatic rings. The van der Waals surface area contributed by atoms with E-state index in [1.54, 1.807) is 32.9 Å². The highest BCUT2D eigenvalue weighted by Crippen LogP contribution is 2.20. The van der Waals surface area contributed by atoms with Gasteiger partial charge in [0.15, 0.2) is 0 Å². The number of carbonyl (C=O) groups is 1. The first-order chi connectivity index (χ1) is 11.5. The fraction of sp³-hybridized carbons (Fsp3) is 0.235. The van der Waals surface area contributed by atoms with Gasteiger partial charge in [0.2, 0.25) is 0 Å². The van der Waals surface area contributed by atoms with Gasteiger partial charge in [0, 0.05) is 8.95 Å². The molecule has 0 spiro atoms. The van der Waals surface area contributed by atoms with Crippen molar-refractivity contribution in [3.8, 4) is 0 Å². The molecule has 136 valence electrons. The van der Waals surface area contributed by atoms with E-state index in [1.165, 1.54) is 24.3 Å². The molecule has 8 heteroatoms. The van der Waals surface area contributed by atoms with Gasteiger partial charge < -0.3 is 10.5 Å². The molecule has 1 amide bonds. The van der Waals surface area contributed by atoms with Crippen LogP contribution in [0.1, 0.15) is 20.8 Å². The molecule has 0 saturated heterocycles. The van der Waals surface area contributed by atoms with E-state index >= 15 is 0 Å². The van der Waals surface area contributed by atoms with Gasteiger partial charge in [-0.3, -0.25) is 5.32 Å². The van der Waals surface area contributed by atoms with Gasteiger partial charge in [0.05, 0.1) is 11.4 Å². The highest BCUT2D eigenvalue weighted by Gasteiger charge is 2.17. The largest absolute Gasteiger partial charge is 0.444 e. The molecule has 0 aliphatic carbocycles. The molecule has 0 aliphatic heterocycles. The molecule has 0 saturated carbocycles. The minimum Gasteiger partial charge on any atom is -0.444 e. The topological polar surface area (TPSA) is 64.3 Å². The molecular weight excluding hydrogens is 462 g/mol. The lowest BCUT2D eigenvalue weighted by Crippen LogP contribution is -2.27. The van der Waals surface area contributed by atoms with Crippen molar-refractivity contribution in [3.63, 3.8) is 0 Å². The summed E-state index contributed by atoms with van der Waals surface area (Å²) in [6.45, 7) is 5.22. The Bertz CT molecular complexity index is 750. The van der Waals surface area contributed by atoms with Crippen molar-refractivity contribution < 1.29 is 18.3 Å². The van der Waals surface area contributed by atoms with Gasteiger partial charge in [0.25, 0.3) is 0 Å². The van der Waals surface area contributed by atoms with Gasteiger partial charge in [-0.05, 0) is 57.2 Å². The summed E-state index contributed by atoms with van der Waals surface area (Å²) in [6.07, 6.45) is -0.672. The highest BCUT2D eigenvalue weighted by molar-refractivity contribution is 9.10. The quantitative estimate of drug-likeness (QED) is 0.485. The zero-order chi connectivity index (χ0) is 19.2. The second kappa shape index (κ2) is 9.15. The van der Waals surface area contributed by atoms with Crippen LogP contribution in [0.5, 0.6) is 0 Å². The number of benzene rings is 2. The second-order valence-electron chi connectivity index (χ2n) is 5.92. The number of rotatable bonds is 1. The van der Waals surface area contributed by atoms with Gasteiger partial charge >= 0.3 is 6.09 Å². The van der Waals surface area contributed by atoms with Crippen molar-refractivity contribution in [3.05, 3.63) is 57.0 Å². The van der Waals surface area contributed by atoms with Gasteiger partial charge in [-0.15, -0.1) is 0 Å². The average molecular weight is 480 g/mol. The summed E-state index contributed by atoms with van der Waals surface area (Å²) in [5, 5.41) is 2.34. The average Bonchev–Trinajstić information content (AvgIpc) is 2.45. The summed E-state index contributed by atoms with van der Waals surface area (Å²) in [6, 6.07) is 8.90. The predicted molar refractivity (Wildman–Crippen MR) is 102 cm³/mol. The molecule has 25 heavy (non-hydrogen) atoms. The molecule has 0 bridgehead atoms. The molecule has 0 fully saturated rings. The fourth-order valence-electron chi connectivity index (χ4n) is 1.51. The van der Waals surface area contributed by atoms with E-state index in [2.05, 4.69) is 37.2 Å². The van der Waals surface area contributed by atoms with E-state index in [-0.39, 0.29) is 17.2 Å². The third-order valence-corrected chi connectivity index (χ3v) is 3.52. The summed E-state index contributed by atoms with van der Waals surface area (Å²) < 4.78 is 32.1. The molecule has 0 unspecified atom stereocenters. The Balaban J connectivity index is 0.000000293. The first kappa shape index (κ1) is 21.4. The molecule has 2 rings (SSSR count). The number of nitrogens with two attached hydrogens (primary N) is 1. The van der Waals surface area contributed by atoms with Crippen LogP contribution in [0.4, 0.5) is 25.0 Å². The van der Waals surface area contributed by atoms with Crippen LogP contribution in [0, 0.1) is 11.6 Å². The maximum atomic E-state index is 13.3. The van der Waals surface area contributed by atoms with E-state index in [1.807, 2.05) is 0 Å². The smallest absolute Gasteiger partial charge is 0.412 e. The Morgan fingerprint density at radius 2 is 1.56 bits per heavy atom. The lowest BCUT2D eigenvalue weighted by molar-refractivity contribution is 0.0635. The van der Waals surface area contributed by atoms with E-state index < -0.39 is 17.5 Å². The Hall–Kier alpha value is -1.67. The van der Waals surface area contributed by atoms with Crippen LogP contribution in [-0.4, -0.2) is 11.7 Å². The first-order valence-electron chi connectivity index (χ1n) is 7.13. The van der Waals surface area contributed by atoms with Crippen molar-refractivity contribution >= 4 is 49.3 Å². The summed E-state index contributed by atoms with van der Waals surface area (Å²) in [7, 11) is 0. The molecule has 0 heterocycles. The number of nitrogens with one attached hydrogen (secondary N) is 1. The lowest BCUT2D eigenvalue weighted by Gasteiger charge is -2.19. The Kier molecular flexibility index (Phi) is 7.82. The van der Waals surface area contributed by atoms with Crippen molar-refractivity contribution in [2.45, 2.75) is 26.4 Å². The summed E-state index contributed by atoms with van der Waals surface area (Å²) in [5.41, 5.74) is 4.87. The number of hydrogen-bond acceptors (Lipinski definition) is 3. The zero-order valence-corrected chi connectivity index (χ0v) is 17.0. The number of nitrogen functional groups attached to an aromatic ring is 1. The maximum absolute atomic E-state index is 13.3. The van der Waals surface area contributed by atoms with Gasteiger partial charge in [-0.1, -0.05) is 31.9 Å². The molecular formula is C17H18Br2F2N2O2. The Labute approximate surface area is 162 Å². The standard InChI is InChI=1S/C11H13BrFNO2.C6H5BrFN/c1-11(2,3)16-10(15)14-9-5-4-7(12)6-8(9)13;7-4-1-2-6(9)5(8)3-4/h4-6H,1-3H3,(H,14,15);1-3H,9H2. The first-order valence-corrected chi connectivity index (χ1v) is 8.72. The number of ether oxygens (including phenoxy) is 1. The van der Waals surface area contributed by atoms with E-state index in [0.717, 1.165) is 0 Å². The summed E-state index contributed by atoms with van der Waals surface area (Å²) >= 11 is 6.23. The summed E-state index contributed by atoms with van der Waals surface area (Å²) in [5.74, 6) is -0.899. The second-order valence-corrected chi connectivity index (χ2v) is 7.75. The third kappa shape index (κ3) is 8.31. The van der Waals surface area contributed by atoms with E-state index in [9.17, 15) is 13.6 Å². The minimum atomic E-state index is -0.672. The highest BCUT2D eigenvalue weighted by atomic mass is 79.9. The van der Waals surface area contributed by atoms with Crippen molar-refractivity contribution in [2.75, 3.05) is 11.1 Å². The van der Waals surface area contributed by atoms with Crippen LogP contribution >= 0.6 is 31.9 Å². The fourth-order valence-corrected chi connectivity index (χ4v) is 2.17. The van der Waals surface area contributed by atoms with Crippen LogP contribution in [0.15, 0.2) is 45.3 Å². The molecule has 0 aromatic heterocycles. The van der Waals surface area contributed by atoms with Crippen molar-refractivity contribution in [1.29, 1.82) is 0 Å². The van der Waals surface area contributed by atoms with E-state index in [0.29, 0.717) is 8.95 Å². The molecule has 2 aromatic carbocycles. The maximum Gasteiger partial charge on any atom is 0.412 e. The van der Waals surface area contributed by atoms with E-state index in [4.69, 9.17) is 10.5 Å². The summed E-state index contributed by atoms with van der Waals surface area (Å²) in [4.78, 5) is 11.4. The number of carbonyl (C=O) groups excluding carboxylic acids is 1. The normalized spacial score (nSPS) is 10.5. The molecule has 3 N–H and O–H groups in total. The van der Waals surface area contributed by atoms with Crippen molar-refractivity contribution in [1.82, 2.24) is 0 Å². The van der Waals surface area contributed by atoms with Gasteiger partial charge in [-0.25, -0.2) is 13.6 Å². The van der Waals surface area contributed by atoms with Crippen LogP contribution in [0.2, 0.25) is 0 Å². The Morgan fingerprint density at radius 1 is 1.04 bits per heavy atom. The van der Waals surface area contributed by atoms with Gasteiger partial charge in [-0.2, -0.15) is 0 Å². The van der Waals surface area contributed by atoms with Crippen molar-refractivity contribution in [2.24, 2.45) is 0 Å². The molecule has 0 aliphatic rings. The molecule has 0 radical (unpaired) electrons. The third-order valence-electron chi connectivity index (χ3n) is 2.53. The number of hydrogen-bond donors (Lipinski definition) is 2. The SMILES string of the molecule is CC(C)(C)OC(=O)Nc1ccc(Br)cc1F.Nc1ccc(Br)cc1F.